The highest BCUT2D eigenvalue weighted by Crippen LogP contribution is 2.27. The number of nitro benzene ring substituents is 1. The predicted molar refractivity (Wildman–Crippen MR) is 88.1 cm³/mol. The van der Waals surface area contributed by atoms with Gasteiger partial charge in [0.05, 0.1) is 4.92 Å². The molecule has 2 N–H and O–H groups in total. The number of halogens is 2. The predicted octanol–water partition coefficient (Wildman–Crippen LogP) is 4.33. The highest BCUT2D eigenvalue weighted by atomic mass is 79.9. The zero-order valence-electron chi connectivity index (χ0n) is 11.2. The fraction of sp³-hybridized carbons (Fsp3) is 0.0714. The molecule has 8 heteroatoms. The van der Waals surface area contributed by atoms with Crippen molar-refractivity contribution in [3.63, 3.8) is 0 Å². The van der Waals surface area contributed by atoms with Crippen molar-refractivity contribution in [1.29, 1.82) is 0 Å². The van der Waals surface area contributed by atoms with Crippen LogP contribution in [0.25, 0.3) is 0 Å². The van der Waals surface area contributed by atoms with Crippen LogP contribution in [0, 0.1) is 10.1 Å². The van der Waals surface area contributed by atoms with Crippen LogP contribution in [0.3, 0.4) is 0 Å². The minimum Gasteiger partial charge on any atom is -0.334 e. The van der Waals surface area contributed by atoms with Gasteiger partial charge in [0.15, 0.2) is 0 Å². The van der Waals surface area contributed by atoms with Crippen LogP contribution < -0.4 is 10.6 Å². The summed E-state index contributed by atoms with van der Waals surface area (Å²) >= 11 is 9.04. The zero-order valence-corrected chi connectivity index (χ0v) is 13.5. The molecule has 0 saturated heterocycles. The van der Waals surface area contributed by atoms with Crippen LogP contribution in [-0.4, -0.2) is 11.0 Å². The van der Waals surface area contributed by atoms with E-state index in [1.165, 1.54) is 18.2 Å². The van der Waals surface area contributed by atoms with E-state index in [0.29, 0.717) is 12.2 Å². The van der Waals surface area contributed by atoms with Crippen molar-refractivity contribution in [1.82, 2.24) is 5.32 Å². The average Bonchev–Trinajstić information content (AvgIpc) is 2.48. The van der Waals surface area contributed by atoms with Gasteiger partial charge in [-0.2, -0.15) is 0 Å². The first-order chi connectivity index (χ1) is 10.5. The second-order valence-corrected chi connectivity index (χ2v) is 5.68. The lowest BCUT2D eigenvalue weighted by atomic mass is 10.2. The molecule has 2 aromatic rings. The van der Waals surface area contributed by atoms with Crippen LogP contribution in [0.5, 0.6) is 0 Å². The number of amides is 2. The van der Waals surface area contributed by atoms with Crippen LogP contribution in [-0.2, 0) is 6.54 Å². The van der Waals surface area contributed by atoms with Crippen molar-refractivity contribution in [3.05, 3.63) is 67.6 Å². The summed E-state index contributed by atoms with van der Waals surface area (Å²) in [6, 6.07) is 11.1. The molecule has 0 aromatic heterocycles. The van der Waals surface area contributed by atoms with Crippen molar-refractivity contribution in [2.24, 2.45) is 0 Å². The first kappa shape index (κ1) is 16.3. The molecule has 2 amide bonds. The van der Waals surface area contributed by atoms with E-state index in [1.807, 2.05) is 24.3 Å². The SMILES string of the molecule is O=C(NCc1ccc(Br)cc1)Nc1ccc(Cl)c([N+](=O)[O-])c1. The lowest BCUT2D eigenvalue weighted by Gasteiger charge is -2.08. The fourth-order valence-electron chi connectivity index (χ4n) is 1.69. The summed E-state index contributed by atoms with van der Waals surface area (Å²) in [7, 11) is 0. The summed E-state index contributed by atoms with van der Waals surface area (Å²) in [6.07, 6.45) is 0. The molecular formula is C14H11BrClN3O3. The van der Waals surface area contributed by atoms with E-state index in [-0.39, 0.29) is 10.7 Å². The Kier molecular flexibility index (Phi) is 5.35. The van der Waals surface area contributed by atoms with E-state index in [9.17, 15) is 14.9 Å². The first-order valence-corrected chi connectivity index (χ1v) is 7.36. The molecule has 114 valence electrons. The molecule has 0 spiro atoms. The Hall–Kier alpha value is -2.12. The van der Waals surface area contributed by atoms with Crippen molar-refractivity contribution in [2.45, 2.75) is 6.54 Å². The molecule has 0 unspecified atom stereocenters. The number of nitrogens with zero attached hydrogens (tertiary/aromatic N) is 1. The van der Waals surface area contributed by atoms with Crippen LogP contribution in [0.15, 0.2) is 46.9 Å². The summed E-state index contributed by atoms with van der Waals surface area (Å²) < 4.78 is 0.953. The Labute approximate surface area is 139 Å². The monoisotopic (exact) mass is 383 g/mol. The van der Waals surface area contributed by atoms with Gasteiger partial charge in [-0.25, -0.2) is 4.79 Å². The van der Waals surface area contributed by atoms with Crippen molar-refractivity contribution < 1.29 is 9.72 Å². The van der Waals surface area contributed by atoms with E-state index >= 15 is 0 Å². The maximum atomic E-state index is 11.8. The second-order valence-electron chi connectivity index (χ2n) is 4.36. The number of nitro groups is 1. The van der Waals surface area contributed by atoms with Gasteiger partial charge in [-0.3, -0.25) is 10.1 Å². The van der Waals surface area contributed by atoms with Gasteiger partial charge in [-0.05, 0) is 29.8 Å². The Bertz CT molecular complexity index is 707. The molecule has 2 aromatic carbocycles. The third-order valence-corrected chi connectivity index (χ3v) is 3.62. The highest BCUT2D eigenvalue weighted by molar-refractivity contribution is 9.10. The lowest BCUT2D eigenvalue weighted by molar-refractivity contribution is -0.384. The number of benzene rings is 2. The van der Waals surface area contributed by atoms with E-state index < -0.39 is 11.0 Å². The number of carbonyl (C=O) groups is 1. The molecule has 0 aliphatic heterocycles. The summed E-state index contributed by atoms with van der Waals surface area (Å²) in [5, 5.41) is 16.0. The number of hydrogen-bond acceptors (Lipinski definition) is 3. The van der Waals surface area contributed by atoms with Gasteiger partial charge in [-0.1, -0.05) is 39.7 Å². The molecule has 0 saturated carbocycles. The minimum atomic E-state index is -0.604. The Balaban J connectivity index is 1.96. The molecule has 22 heavy (non-hydrogen) atoms. The second kappa shape index (κ2) is 7.24. The van der Waals surface area contributed by atoms with Gasteiger partial charge in [0.2, 0.25) is 0 Å². The number of anilines is 1. The minimum absolute atomic E-state index is 0.0193. The summed E-state index contributed by atoms with van der Waals surface area (Å²) in [4.78, 5) is 22.0. The quantitative estimate of drug-likeness (QED) is 0.608. The highest BCUT2D eigenvalue weighted by Gasteiger charge is 2.13. The van der Waals surface area contributed by atoms with E-state index in [2.05, 4.69) is 26.6 Å². The van der Waals surface area contributed by atoms with E-state index in [0.717, 1.165) is 10.0 Å². The molecule has 0 heterocycles. The van der Waals surface area contributed by atoms with Crippen LogP contribution in [0.4, 0.5) is 16.2 Å². The number of nitrogens with one attached hydrogen (secondary N) is 2. The Morgan fingerprint density at radius 3 is 2.55 bits per heavy atom. The zero-order chi connectivity index (χ0) is 16.1. The lowest BCUT2D eigenvalue weighted by Crippen LogP contribution is -2.28. The molecule has 0 aliphatic carbocycles. The molecule has 0 bridgehead atoms. The number of carbonyl (C=O) groups excluding carboxylic acids is 1. The number of urea groups is 1. The topological polar surface area (TPSA) is 84.3 Å². The van der Waals surface area contributed by atoms with E-state index in [4.69, 9.17) is 11.6 Å². The maximum Gasteiger partial charge on any atom is 0.319 e. The molecule has 0 aliphatic rings. The van der Waals surface area contributed by atoms with Crippen LogP contribution >= 0.6 is 27.5 Å². The largest absolute Gasteiger partial charge is 0.334 e. The van der Waals surface area contributed by atoms with Crippen molar-refractivity contribution >= 4 is 44.9 Å². The normalized spacial score (nSPS) is 10.1. The van der Waals surface area contributed by atoms with Crippen LogP contribution in [0.2, 0.25) is 5.02 Å². The van der Waals surface area contributed by atoms with Gasteiger partial charge in [0.1, 0.15) is 5.02 Å². The molecule has 0 radical (unpaired) electrons. The third kappa shape index (κ3) is 4.44. The van der Waals surface area contributed by atoms with Crippen molar-refractivity contribution in [2.75, 3.05) is 5.32 Å². The molecule has 0 fully saturated rings. The average molecular weight is 385 g/mol. The Morgan fingerprint density at radius 1 is 1.23 bits per heavy atom. The van der Waals surface area contributed by atoms with Gasteiger partial charge in [0.25, 0.3) is 5.69 Å². The maximum absolute atomic E-state index is 11.8. The van der Waals surface area contributed by atoms with Gasteiger partial charge >= 0.3 is 6.03 Å². The van der Waals surface area contributed by atoms with Gasteiger partial charge < -0.3 is 10.6 Å². The smallest absolute Gasteiger partial charge is 0.319 e. The standard InChI is InChI=1S/C14H11BrClN3O3/c15-10-3-1-9(2-4-10)8-17-14(20)18-11-5-6-12(16)13(7-11)19(21)22/h1-7H,8H2,(H2,17,18,20). The first-order valence-electron chi connectivity index (χ1n) is 6.19. The third-order valence-electron chi connectivity index (χ3n) is 2.77. The van der Waals surface area contributed by atoms with E-state index in [1.54, 1.807) is 0 Å². The van der Waals surface area contributed by atoms with Crippen molar-refractivity contribution in [3.8, 4) is 0 Å². The summed E-state index contributed by atoms with van der Waals surface area (Å²) in [5.74, 6) is 0. The summed E-state index contributed by atoms with van der Waals surface area (Å²) in [6.45, 7) is 0.342. The number of hydrogen-bond donors (Lipinski definition) is 2. The molecule has 2 rings (SSSR count). The van der Waals surface area contributed by atoms with Gasteiger partial charge in [0, 0.05) is 22.8 Å². The molecule has 6 nitrogen and oxygen atoms in total. The molecule has 0 atom stereocenters. The number of rotatable bonds is 4. The Morgan fingerprint density at radius 2 is 1.91 bits per heavy atom. The van der Waals surface area contributed by atoms with Gasteiger partial charge in [-0.15, -0.1) is 0 Å². The fourth-order valence-corrected chi connectivity index (χ4v) is 2.14. The van der Waals surface area contributed by atoms with Crippen LogP contribution in [0.1, 0.15) is 5.56 Å². The summed E-state index contributed by atoms with van der Waals surface area (Å²) in [5.41, 5.74) is 0.970. The molecular weight excluding hydrogens is 374 g/mol.